The Labute approximate surface area is 163 Å². The molecule has 0 radical (unpaired) electrons. The van der Waals surface area contributed by atoms with Gasteiger partial charge < -0.3 is 14.7 Å². The molecule has 0 spiro atoms. The molecule has 2 aromatic carbocycles. The molecule has 0 bridgehead atoms. The van der Waals surface area contributed by atoms with Gasteiger partial charge in [-0.1, -0.05) is 6.07 Å². The smallest absolute Gasteiger partial charge is 0.335 e. The molecular formula is C19H20N2O6S. The average Bonchev–Trinajstić information content (AvgIpc) is 2.73. The molecule has 1 amide bonds. The minimum Gasteiger partial charge on any atom is -0.497 e. The number of carbonyl (C=O) groups is 2. The van der Waals surface area contributed by atoms with Gasteiger partial charge in [0.2, 0.25) is 10.0 Å². The topological polar surface area (TPSA) is 104 Å². The first-order valence-corrected chi connectivity index (χ1v) is 10.0. The van der Waals surface area contributed by atoms with Crippen LogP contribution in [0, 0.1) is 0 Å². The normalized spacial score (nSPS) is 15.2. The molecule has 2 aromatic rings. The summed E-state index contributed by atoms with van der Waals surface area (Å²) in [6.45, 7) is 0.786. The summed E-state index contributed by atoms with van der Waals surface area (Å²) in [7, 11) is -2.15. The van der Waals surface area contributed by atoms with Crippen LogP contribution in [0.4, 0.5) is 0 Å². The van der Waals surface area contributed by atoms with Gasteiger partial charge >= 0.3 is 5.97 Å². The Bertz CT molecular complexity index is 980. The summed E-state index contributed by atoms with van der Waals surface area (Å²) in [6, 6.07) is 12.0. The summed E-state index contributed by atoms with van der Waals surface area (Å²) >= 11 is 0. The number of hydrogen-bond donors (Lipinski definition) is 1. The molecule has 1 heterocycles. The van der Waals surface area contributed by atoms with Gasteiger partial charge in [0.25, 0.3) is 5.91 Å². The van der Waals surface area contributed by atoms with E-state index < -0.39 is 16.0 Å². The number of carboxylic acid groups (broad SMARTS) is 1. The second-order valence-electron chi connectivity index (χ2n) is 6.26. The molecule has 1 N–H and O–H groups in total. The Balaban J connectivity index is 1.68. The number of methoxy groups -OCH3 is 1. The van der Waals surface area contributed by atoms with Crippen molar-refractivity contribution in [2.45, 2.75) is 4.90 Å². The Morgan fingerprint density at radius 1 is 0.964 bits per heavy atom. The summed E-state index contributed by atoms with van der Waals surface area (Å²) in [5.74, 6) is -0.854. The summed E-state index contributed by atoms with van der Waals surface area (Å²) < 4.78 is 31.9. The Morgan fingerprint density at radius 2 is 1.57 bits per heavy atom. The molecule has 0 atom stereocenters. The van der Waals surface area contributed by atoms with Gasteiger partial charge in [-0.05, 0) is 42.5 Å². The van der Waals surface area contributed by atoms with Gasteiger partial charge in [0.1, 0.15) is 5.75 Å². The van der Waals surface area contributed by atoms with Crippen molar-refractivity contribution in [1.29, 1.82) is 0 Å². The predicted molar refractivity (Wildman–Crippen MR) is 101 cm³/mol. The standard InChI is InChI=1S/C19H20N2O6S/c1-27-16-5-7-17(8-6-16)28(25,26)21-11-9-20(10-12-21)18(22)14-3-2-4-15(13-14)19(23)24/h2-8,13H,9-12H2,1H3,(H,23,24). The molecule has 3 rings (SSSR count). The number of piperazine rings is 1. The maximum atomic E-state index is 12.8. The highest BCUT2D eigenvalue weighted by Gasteiger charge is 2.30. The third-order valence-corrected chi connectivity index (χ3v) is 6.49. The number of carboxylic acids is 1. The lowest BCUT2D eigenvalue weighted by atomic mass is 10.1. The molecule has 9 heteroatoms. The van der Waals surface area contributed by atoms with Crippen LogP contribution in [0.2, 0.25) is 0 Å². The maximum absolute atomic E-state index is 12.8. The van der Waals surface area contributed by atoms with Gasteiger partial charge in [0.05, 0.1) is 17.6 Å². The van der Waals surface area contributed by atoms with E-state index in [-0.39, 0.29) is 48.1 Å². The second kappa shape index (κ2) is 7.99. The number of amides is 1. The van der Waals surface area contributed by atoms with Crippen LogP contribution in [0.5, 0.6) is 5.75 Å². The van der Waals surface area contributed by atoms with Gasteiger partial charge in [0.15, 0.2) is 0 Å². The number of hydrogen-bond acceptors (Lipinski definition) is 5. The number of carbonyl (C=O) groups excluding carboxylic acids is 1. The molecule has 0 unspecified atom stereocenters. The lowest BCUT2D eigenvalue weighted by molar-refractivity contribution is 0.0696. The van der Waals surface area contributed by atoms with Crippen LogP contribution in [0.1, 0.15) is 20.7 Å². The van der Waals surface area contributed by atoms with E-state index in [0.717, 1.165) is 0 Å². The highest BCUT2D eigenvalue weighted by Crippen LogP contribution is 2.21. The molecule has 1 aliphatic heterocycles. The van der Waals surface area contributed by atoms with Crippen molar-refractivity contribution in [3.05, 3.63) is 59.7 Å². The quantitative estimate of drug-likeness (QED) is 0.811. The van der Waals surface area contributed by atoms with Gasteiger partial charge in [0, 0.05) is 31.7 Å². The molecule has 0 aromatic heterocycles. The van der Waals surface area contributed by atoms with Crippen molar-refractivity contribution in [2.75, 3.05) is 33.3 Å². The fraction of sp³-hybridized carbons (Fsp3) is 0.263. The van der Waals surface area contributed by atoms with Crippen molar-refractivity contribution >= 4 is 21.9 Å². The summed E-state index contributed by atoms with van der Waals surface area (Å²) in [5.41, 5.74) is 0.304. The molecule has 1 fully saturated rings. The Morgan fingerprint density at radius 3 is 2.14 bits per heavy atom. The van der Waals surface area contributed by atoms with E-state index >= 15 is 0 Å². The summed E-state index contributed by atoms with van der Waals surface area (Å²) in [6.07, 6.45) is 0. The first-order valence-electron chi connectivity index (χ1n) is 8.60. The van der Waals surface area contributed by atoms with E-state index in [9.17, 15) is 18.0 Å². The average molecular weight is 404 g/mol. The molecule has 148 valence electrons. The monoisotopic (exact) mass is 404 g/mol. The van der Waals surface area contributed by atoms with Crippen LogP contribution >= 0.6 is 0 Å². The minimum absolute atomic E-state index is 0.0339. The van der Waals surface area contributed by atoms with Crippen LogP contribution in [-0.2, 0) is 10.0 Å². The number of aromatic carboxylic acids is 1. The molecule has 0 aliphatic carbocycles. The Hall–Kier alpha value is -2.91. The molecule has 1 saturated heterocycles. The van der Waals surface area contributed by atoms with Crippen molar-refractivity contribution in [2.24, 2.45) is 0 Å². The second-order valence-corrected chi connectivity index (χ2v) is 8.20. The van der Waals surface area contributed by atoms with Gasteiger partial charge in [-0.3, -0.25) is 4.79 Å². The van der Waals surface area contributed by atoms with Crippen LogP contribution < -0.4 is 4.74 Å². The number of ether oxygens (including phenoxy) is 1. The van der Waals surface area contributed by atoms with E-state index in [0.29, 0.717) is 5.75 Å². The van der Waals surface area contributed by atoms with Crippen molar-refractivity contribution in [3.8, 4) is 5.75 Å². The molecular weight excluding hydrogens is 384 g/mol. The van der Waals surface area contributed by atoms with E-state index in [1.165, 1.54) is 46.6 Å². The lowest BCUT2D eigenvalue weighted by Gasteiger charge is -2.34. The van der Waals surface area contributed by atoms with E-state index in [1.54, 1.807) is 18.2 Å². The molecule has 8 nitrogen and oxygen atoms in total. The fourth-order valence-corrected chi connectivity index (χ4v) is 4.42. The number of sulfonamides is 1. The van der Waals surface area contributed by atoms with Crippen LogP contribution in [0.15, 0.2) is 53.4 Å². The highest BCUT2D eigenvalue weighted by molar-refractivity contribution is 7.89. The van der Waals surface area contributed by atoms with E-state index in [4.69, 9.17) is 9.84 Å². The van der Waals surface area contributed by atoms with Gasteiger partial charge in [-0.25, -0.2) is 13.2 Å². The SMILES string of the molecule is COc1ccc(S(=O)(=O)N2CCN(C(=O)c3cccc(C(=O)O)c3)CC2)cc1. The number of rotatable bonds is 5. The zero-order chi connectivity index (χ0) is 20.3. The van der Waals surface area contributed by atoms with Crippen molar-refractivity contribution < 1.29 is 27.9 Å². The summed E-state index contributed by atoms with van der Waals surface area (Å²) in [5, 5.41) is 9.06. The largest absolute Gasteiger partial charge is 0.497 e. The van der Waals surface area contributed by atoms with Crippen molar-refractivity contribution in [3.63, 3.8) is 0 Å². The third kappa shape index (κ3) is 4.00. The first-order chi connectivity index (χ1) is 13.3. The molecule has 28 heavy (non-hydrogen) atoms. The van der Waals surface area contributed by atoms with Crippen LogP contribution in [0.3, 0.4) is 0 Å². The van der Waals surface area contributed by atoms with E-state index in [2.05, 4.69) is 0 Å². The van der Waals surface area contributed by atoms with Crippen molar-refractivity contribution in [1.82, 2.24) is 9.21 Å². The first kappa shape index (κ1) is 19.8. The van der Waals surface area contributed by atoms with Gasteiger partial charge in [-0.15, -0.1) is 0 Å². The molecule has 1 aliphatic rings. The number of benzene rings is 2. The van der Waals surface area contributed by atoms with Crippen LogP contribution in [-0.4, -0.2) is 67.9 Å². The summed E-state index contributed by atoms with van der Waals surface area (Å²) in [4.78, 5) is 25.4. The highest BCUT2D eigenvalue weighted by atomic mass is 32.2. The lowest BCUT2D eigenvalue weighted by Crippen LogP contribution is -2.50. The zero-order valence-electron chi connectivity index (χ0n) is 15.2. The van der Waals surface area contributed by atoms with E-state index in [1.807, 2.05) is 0 Å². The fourth-order valence-electron chi connectivity index (χ4n) is 3.00. The minimum atomic E-state index is -3.66. The Kier molecular flexibility index (Phi) is 5.66. The maximum Gasteiger partial charge on any atom is 0.335 e. The number of nitrogens with zero attached hydrogens (tertiary/aromatic N) is 2. The third-order valence-electron chi connectivity index (χ3n) is 4.58. The molecule has 0 saturated carbocycles. The van der Waals surface area contributed by atoms with Gasteiger partial charge in [-0.2, -0.15) is 4.31 Å². The predicted octanol–water partition coefficient (Wildman–Crippen LogP) is 1.54. The van der Waals surface area contributed by atoms with Crippen LogP contribution in [0.25, 0.3) is 0 Å². The zero-order valence-corrected chi connectivity index (χ0v) is 16.1.